The molecule has 2 heterocycles. The molecule has 0 saturated carbocycles. The van der Waals surface area contributed by atoms with E-state index in [2.05, 4.69) is 85.1 Å². The number of para-hydroxylation sites is 1. The second-order valence-electron chi connectivity index (χ2n) is 8.65. The third-order valence-corrected chi connectivity index (χ3v) is 6.61. The van der Waals surface area contributed by atoms with Crippen LogP contribution in [0, 0.1) is 6.92 Å². The van der Waals surface area contributed by atoms with Crippen molar-refractivity contribution in [3.63, 3.8) is 0 Å². The molecule has 0 aliphatic carbocycles. The zero-order valence-corrected chi connectivity index (χ0v) is 18.7. The van der Waals surface area contributed by atoms with Gasteiger partial charge in [-0.05, 0) is 43.0 Å². The van der Waals surface area contributed by atoms with E-state index < -0.39 is 0 Å². The molecule has 32 heavy (non-hydrogen) atoms. The third kappa shape index (κ3) is 3.64. The molecule has 1 aliphatic rings. The number of rotatable bonds is 4. The maximum absolute atomic E-state index is 13.8. The molecule has 1 amide bonds. The highest BCUT2D eigenvalue weighted by atomic mass is 16.2. The second kappa shape index (κ2) is 8.51. The van der Waals surface area contributed by atoms with Crippen molar-refractivity contribution in [1.29, 1.82) is 0 Å². The number of nitrogens with zero attached hydrogens (tertiary/aromatic N) is 2. The van der Waals surface area contributed by atoms with Crippen molar-refractivity contribution in [2.45, 2.75) is 26.8 Å². The maximum Gasteiger partial charge on any atom is 0.256 e. The summed E-state index contributed by atoms with van der Waals surface area (Å²) in [7, 11) is 0. The molecular formula is C29H28N2O. The molecule has 3 aromatic carbocycles. The minimum Gasteiger partial charge on any atom is -0.340 e. The van der Waals surface area contributed by atoms with E-state index in [9.17, 15) is 4.79 Å². The van der Waals surface area contributed by atoms with Crippen molar-refractivity contribution in [3.8, 4) is 0 Å². The summed E-state index contributed by atoms with van der Waals surface area (Å²) >= 11 is 0. The smallest absolute Gasteiger partial charge is 0.256 e. The molecule has 0 bridgehead atoms. The molecule has 0 radical (unpaired) electrons. The van der Waals surface area contributed by atoms with Crippen LogP contribution >= 0.6 is 0 Å². The van der Waals surface area contributed by atoms with Gasteiger partial charge in [0.15, 0.2) is 0 Å². The van der Waals surface area contributed by atoms with Crippen LogP contribution in [0.3, 0.4) is 0 Å². The van der Waals surface area contributed by atoms with Gasteiger partial charge >= 0.3 is 0 Å². The first-order valence-corrected chi connectivity index (χ1v) is 11.3. The van der Waals surface area contributed by atoms with E-state index in [0.29, 0.717) is 6.54 Å². The summed E-state index contributed by atoms with van der Waals surface area (Å²) in [4.78, 5) is 15.8. The maximum atomic E-state index is 13.8. The molecule has 160 valence electrons. The van der Waals surface area contributed by atoms with E-state index in [-0.39, 0.29) is 5.91 Å². The average Bonchev–Trinajstić information content (AvgIpc) is 3.11. The summed E-state index contributed by atoms with van der Waals surface area (Å²) in [5, 5.41) is 1.04. The van der Waals surface area contributed by atoms with Gasteiger partial charge in [-0.2, -0.15) is 0 Å². The van der Waals surface area contributed by atoms with Crippen molar-refractivity contribution in [2.75, 3.05) is 13.1 Å². The Morgan fingerprint density at radius 1 is 0.844 bits per heavy atom. The fraction of sp³-hybridized carbons (Fsp3) is 0.207. The van der Waals surface area contributed by atoms with Gasteiger partial charge in [-0.3, -0.25) is 4.79 Å². The first-order chi connectivity index (χ1) is 15.6. The van der Waals surface area contributed by atoms with Crippen LogP contribution in [0.15, 0.2) is 90.5 Å². The van der Waals surface area contributed by atoms with Crippen molar-refractivity contribution in [1.82, 2.24) is 9.47 Å². The lowest BCUT2D eigenvalue weighted by molar-refractivity contribution is 0.0769. The Kier molecular flexibility index (Phi) is 5.40. The molecule has 0 N–H and O–H groups in total. The number of fused-ring (bicyclic) bond motifs is 1. The normalized spacial score (nSPS) is 14.2. The van der Waals surface area contributed by atoms with Crippen LogP contribution < -0.4 is 0 Å². The van der Waals surface area contributed by atoms with Crippen LogP contribution in [0.1, 0.15) is 40.5 Å². The zero-order chi connectivity index (χ0) is 22.1. The summed E-state index contributed by atoms with van der Waals surface area (Å²) < 4.78 is 2.28. The fourth-order valence-electron chi connectivity index (χ4n) is 4.95. The first-order valence-electron chi connectivity index (χ1n) is 11.3. The monoisotopic (exact) mass is 420 g/mol. The minimum absolute atomic E-state index is 0.136. The largest absolute Gasteiger partial charge is 0.340 e. The van der Waals surface area contributed by atoms with Gasteiger partial charge in [0.25, 0.3) is 5.91 Å². The lowest BCUT2D eigenvalue weighted by Crippen LogP contribution is -2.36. The van der Waals surface area contributed by atoms with Crippen LogP contribution in [0.25, 0.3) is 16.5 Å². The lowest BCUT2D eigenvalue weighted by atomic mass is 9.94. The fourth-order valence-corrected chi connectivity index (χ4v) is 4.95. The van der Waals surface area contributed by atoms with Gasteiger partial charge in [0.2, 0.25) is 0 Å². The van der Waals surface area contributed by atoms with Crippen LogP contribution in [-0.2, 0) is 6.54 Å². The molecule has 0 unspecified atom stereocenters. The Labute approximate surface area is 189 Å². The Hall–Kier alpha value is -3.59. The molecule has 4 aromatic rings. The van der Waals surface area contributed by atoms with Crippen LogP contribution in [0.4, 0.5) is 0 Å². The average molecular weight is 421 g/mol. The van der Waals surface area contributed by atoms with E-state index >= 15 is 0 Å². The van der Waals surface area contributed by atoms with E-state index in [4.69, 9.17) is 0 Å². The van der Waals surface area contributed by atoms with Gasteiger partial charge in [0, 0.05) is 36.2 Å². The van der Waals surface area contributed by atoms with E-state index in [1.54, 1.807) is 0 Å². The SMILES string of the molecule is CC1=C(c2ccccc2)CCN(C(=O)c2c(C)n(Cc3ccccc3)c3ccccc23)C1. The Bertz CT molecular complexity index is 1300. The van der Waals surface area contributed by atoms with Gasteiger partial charge < -0.3 is 9.47 Å². The zero-order valence-electron chi connectivity index (χ0n) is 18.7. The summed E-state index contributed by atoms with van der Waals surface area (Å²) in [6.45, 7) is 6.43. The van der Waals surface area contributed by atoms with Crippen LogP contribution in [-0.4, -0.2) is 28.5 Å². The van der Waals surface area contributed by atoms with Gasteiger partial charge in [0.1, 0.15) is 0 Å². The standard InChI is InChI=1S/C29H28N2O/c1-21-19-30(18-17-25(21)24-13-7-4-8-14-24)29(32)28-22(2)31(20-23-11-5-3-6-12-23)27-16-10-9-15-26(27)28/h3-16H,17-20H2,1-2H3. The summed E-state index contributed by atoms with van der Waals surface area (Å²) in [5.41, 5.74) is 8.15. The predicted molar refractivity (Wildman–Crippen MR) is 132 cm³/mol. The van der Waals surface area contributed by atoms with Gasteiger partial charge in [0.05, 0.1) is 5.56 Å². The molecule has 0 spiro atoms. The minimum atomic E-state index is 0.136. The highest BCUT2D eigenvalue weighted by molar-refractivity contribution is 6.08. The molecule has 1 aromatic heterocycles. The molecule has 5 rings (SSSR count). The van der Waals surface area contributed by atoms with E-state index in [0.717, 1.165) is 41.7 Å². The highest BCUT2D eigenvalue weighted by Gasteiger charge is 2.27. The first kappa shape index (κ1) is 20.3. The Morgan fingerprint density at radius 2 is 1.50 bits per heavy atom. The van der Waals surface area contributed by atoms with Crippen molar-refractivity contribution in [3.05, 3.63) is 113 Å². The second-order valence-corrected chi connectivity index (χ2v) is 8.65. The van der Waals surface area contributed by atoms with E-state index in [1.165, 1.54) is 22.3 Å². The number of carbonyl (C=O) groups excluding carboxylic acids is 1. The highest BCUT2D eigenvalue weighted by Crippen LogP contribution is 2.31. The number of amides is 1. The van der Waals surface area contributed by atoms with Crippen molar-refractivity contribution in [2.24, 2.45) is 0 Å². The molecule has 1 aliphatic heterocycles. The molecule has 0 fully saturated rings. The quantitative estimate of drug-likeness (QED) is 0.379. The van der Waals surface area contributed by atoms with Gasteiger partial charge in [-0.25, -0.2) is 0 Å². The molecule has 3 heteroatoms. The molecule has 0 saturated heterocycles. The van der Waals surface area contributed by atoms with Gasteiger partial charge in [-0.1, -0.05) is 84.4 Å². The summed E-state index contributed by atoms with van der Waals surface area (Å²) in [5.74, 6) is 0.136. The molecular weight excluding hydrogens is 392 g/mol. The Balaban J connectivity index is 1.49. The summed E-state index contributed by atoms with van der Waals surface area (Å²) in [6.07, 6.45) is 0.892. The third-order valence-electron chi connectivity index (χ3n) is 6.61. The van der Waals surface area contributed by atoms with E-state index in [1.807, 2.05) is 23.1 Å². The number of benzene rings is 3. The van der Waals surface area contributed by atoms with Crippen LogP contribution in [0.5, 0.6) is 0 Å². The Morgan fingerprint density at radius 3 is 2.22 bits per heavy atom. The van der Waals surface area contributed by atoms with Crippen molar-refractivity contribution >= 4 is 22.4 Å². The summed E-state index contributed by atoms with van der Waals surface area (Å²) in [6, 6.07) is 29.3. The van der Waals surface area contributed by atoms with Crippen molar-refractivity contribution < 1.29 is 4.79 Å². The number of aromatic nitrogens is 1. The number of hydrogen-bond acceptors (Lipinski definition) is 1. The number of hydrogen-bond donors (Lipinski definition) is 0. The van der Waals surface area contributed by atoms with Crippen LogP contribution in [0.2, 0.25) is 0 Å². The molecule has 3 nitrogen and oxygen atoms in total. The number of carbonyl (C=O) groups is 1. The lowest BCUT2D eigenvalue weighted by Gasteiger charge is -2.30. The topological polar surface area (TPSA) is 25.2 Å². The van der Waals surface area contributed by atoms with Gasteiger partial charge in [-0.15, -0.1) is 0 Å². The molecule has 0 atom stereocenters. The predicted octanol–water partition coefficient (Wildman–Crippen LogP) is 6.32.